The standard InChI is InChI=1S/C15H18ClNO/c1-3-7-17-15(13-8-11(2)18-10-13)12-5-4-6-14(16)9-12/h4-6,8-10,15,17H,3,7H2,1-2H3. The van der Waals surface area contributed by atoms with Crippen molar-refractivity contribution < 1.29 is 4.42 Å². The molecule has 0 spiro atoms. The number of benzene rings is 1. The number of hydrogen-bond donors (Lipinski definition) is 1. The van der Waals surface area contributed by atoms with Gasteiger partial charge in [-0.15, -0.1) is 0 Å². The molecule has 1 N–H and O–H groups in total. The van der Waals surface area contributed by atoms with Crippen LogP contribution < -0.4 is 5.32 Å². The van der Waals surface area contributed by atoms with Gasteiger partial charge in [-0.2, -0.15) is 0 Å². The number of nitrogens with one attached hydrogen (secondary N) is 1. The molecular weight excluding hydrogens is 246 g/mol. The van der Waals surface area contributed by atoms with E-state index in [0.29, 0.717) is 0 Å². The van der Waals surface area contributed by atoms with Crippen LogP contribution in [-0.2, 0) is 0 Å². The van der Waals surface area contributed by atoms with Gasteiger partial charge < -0.3 is 9.73 Å². The average molecular weight is 264 g/mol. The fraction of sp³-hybridized carbons (Fsp3) is 0.333. The summed E-state index contributed by atoms with van der Waals surface area (Å²) in [5.41, 5.74) is 2.31. The van der Waals surface area contributed by atoms with Crippen LogP contribution in [0.25, 0.3) is 0 Å². The largest absolute Gasteiger partial charge is 0.469 e. The van der Waals surface area contributed by atoms with Gasteiger partial charge in [-0.3, -0.25) is 0 Å². The van der Waals surface area contributed by atoms with E-state index in [4.69, 9.17) is 16.0 Å². The van der Waals surface area contributed by atoms with Crippen LogP contribution in [-0.4, -0.2) is 6.54 Å². The molecular formula is C15H18ClNO. The molecule has 0 amide bonds. The van der Waals surface area contributed by atoms with Crippen molar-refractivity contribution in [1.82, 2.24) is 5.32 Å². The third-order valence-electron chi connectivity index (χ3n) is 2.86. The van der Waals surface area contributed by atoms with Gasteiger partial charge in [0.05, 0.1) is 12.3 Å². The zero-order valence-electron chi connectivity index (χ0n) is 10.7. The predicted molar refractivity (Wildman–Crippen MR) is 75.0 cm³/mol. The van der Waals surface area contributed by atoms with Gasteiger partial charge in [-0.25, -0.2) is 0 Å². The molecule has 3 heteroatoms. The minimum atomic E-state index is 0.140. The molecule has 1 aromatic carbocycles. The van der Waals surface area contributed by atoms with Gasteiger partial charge in [0.2, 0.25) is 0 Å². The molecule has 0 aliphatic rings. The van der Waals surface area contributed by atoms with Gasteiger partial charge in [0, 0.05) is 10.6 Å². The molecule has 1 unspecified atom stereocenters. The molecule has 1 aromatic heterocycles. The first kappa shape index (κ1) is 13.2. The zero-order valence-corrected chi connectivity index (χ0v) is 11.5. The minimum absolute atomic E-state index is 0.140. The maximum atomic E-state index is 6.06. The van der Waals surface area contributed by atoms with Gasteiger partial charge in [0.1, 0.15) is 5.76 Å². The van der Waals surface area contributed by atoms with Crippen LogP contribution in [0, 0.1) is 6.92 Å². The van der Waals surface area contributed by atoms with Crippen molar-refractivity contribution >= 4 is 11.6 Å². The van der Waals surface area contributed by atoms with Crippen molar-refractivity contribution in [2.75, 3.05) is 6.54 Å². The van der Waals surface area contributed by atoms with Crippen LogP contribution in [0.5, 0.6) is 0 Å². The molecule has 0 saturated heterocycles. The highest BCUT2D eigenvalue weighted by Crippen LogP contribution is 2.25. The molecule has 0 saturated carbocycles. The molecule has 0 radical (unpaired) electrons. The van der Waals surface area contributed by atoms with E-state index in [1.807, 2.05) is 31.4 Å². The van der Waals surface area contributed by atoms with Gasteiger partial charge in [0.15, 0.2) is 0 Å². The van der Waals surface area contributed by atoms with Crippen LogP contribution in [0.15, 0.2) is 41.0 Å². The Bertz CT molecular complexity index is 507. The summed E-state index contributed by atoms with van der Waals surface area (Å²) in [5, 5.41) is 4.28. The van der Waals surface area contributed by atoms with Crippen LogP contribution in [0.1, 0.15) is 36.3 Å². The lowest BCUT2D eigenvalue weighted by molar-refractivity contribution is 0.524. The van der Waals surface area contributed by atoms with E-state index in [-0.39, 0.29) is 6.04 Å². The van der Waals surface area contributed by atoms with Crippen molar-refractivity contribution in [2.24, 2.45) is 0 Å². The number of rotatable bonds is 5. The Morgan fingerprint density at radius 2 is 2.11 bits per heavy atom. The highest BCUT2D eigenvalue weighted by Gasteiger charge is 2.15. The summed E-state index contributed by atoms with van der Waals surface area (Å²) in [5.74, 6) is 0.926. The van der Waals surface area contributed by atoms with Crippen LogP contribution >= 0.6 is 11.6 Å². The normalized spacial score (nSPS) is 12.6. The molecule has 0 fully saturated rings. The third-order valence-corrected chi connectivity index (χ3v) is 3.10. The van der Waals surface area contributed by atoms with E-state index in [1.54, 1.807) is 0 Å². The Labute approximate surface area is 113 Å². The Hall–Kier alpha value is -1.25. The lowest BCUT2D eigenvalue weighted by Gasteiger charge is -2.17. The second-order valence-corrected chi connectivity index (χ2v) is 4.87. The second kappa shape index (κ2) is 6.07. The Morgan fingerprint density at radius 3 is 2.72 bits per heavy atom. The SMILES string of the molecule is CCCNC(c1cccc(Cl)c1)c1coc(C)c1. The van der Waals surface area contributed by atoms with Gasteiger partial charge in [-0.1, -0.05) is 30.7 Å². The quantitative estimate of drug-likeness (QED) is 0.869. The summed E-state index contributed by atoms with van der Waals surface area (Å²) in [4.78, 5) is 0. The summed E-state index contributed by atoms with van der Waals surface area (Å²) < 4.78 is 5.40. The molecule has 2 nitrogen and oxygen atoms in total. The van der Waals surface area contributed by atoms with E-state index in [0.717, 1.165) is 34.9 Å². The van der Waals surface area contributed by atoms with E-state index in [1.165, 1.54) is 0 Å². The molecule has 1 atom stereocenters. The summed E-state index contributed by atoms with van der Waals surface area (Å²) >= 11 is 6.06. The lowest BCUT2D eigenvalue weighted by Crippen LogP contribution is -2.22. The third kappa shape index (κ3) is 3.15. The fourth-order valence-corrected chi connectivity index (χ4v) is 2.22. The highest BCUT2D eigenvalue weighted by molar-refractivity contribution is 6.30. The minimum Gasteiger partial charge on any atom is -0.469 e. The number of aryl methyl sites for hydroxylation is 1. The first-order valence-corrected chi connectivity index (χ1v) is 6.62. The van der Waals surface area contributed by atoms with Crippen LogP contribution in [0.2, 0.25) is 5.02 Å². The lowest BCUT2D eigenvalue weighted by atomic mass is 10.0. The Kier molecular flexibility index (Phi) is 4.45. The topological polar surface area (TPSA) is 25.2 Å². The first-order valence-electron chi connectivity index (χ1n) is 6.24. The van der Waals surface area contributed by atoms with E-state index < -0.39 is 0 Å². The van der Waals surface area contributed by atoms with Crippen LogP contribution in [0.4, 0.5) is 0 Å². The van der Waals surface area contributed by atoms with Crippen molar-refractivity contribution in [1.29, 1.82) is 0 Å². The zero-order chi connectivity index (χ0) is 13.0. The van der Waals surface area contributed by atoms with Crippen molar-refractivity contribution in [3.05, 3.63) is 58.5 Å². The monoisotopic (exact) mass is 263 g/mol. The molecule has 2 aromatic rings. The fourth-order valence-electron chi connectivity index (χ4n) is 2.02. The molecule has 18 heavy (non-hydrogen) atoms. The van der Waals surface area contributed by atoms with E-state index in [9.17, 15) is 0 Å². The average Bonchev–Trinajstić information content (AvgIpc) is 2.76. The molecule has 0 aliphatic carbocycles. The summed E-state index contributed by atoms with van der Waals surface area (Å²) in [7, 11) is 0. The highest BCUT2D eigenvalue weighted by atomic mass is 35.5. The van der Waals surface area contributed by atoms with Crippen molar-refractivity contribution in [3.63, 3.8) is 0 Å². The summed E-state index contributed by atoms with van der Waals surface area (Å²) in [6.45, 7) is 5.07. The van der Waals surface area contributed by atoms with Crippen molar-refractivity contribution in [3.8, 4) is 0 Å². The maximum Gasteiger partial charge on any atom is 0.101 e. The number of hydrogen-bond acceptors (Lipinski definition) is 2. The predicted octanol–water partition coefficient (Wildman–Crippen LogP) is 4.33. The van der Waals surface area contributed by atoms with Gasteiger partial charge in [-0.05, 0) is 43.7 Å². The number of furan rings is 1. The first-order chi connectivity index (χ1) is 8.70. The molecule has 96 valence electrons. The smallest absolute Gasteiger partial charge is 0.101 e. The Balaban J connectivity index is 2.30. The van der Waals surface area contributed by atoms with E-state index >= 15 is 0 Å². The Morgan fingerprint density at radius 1 is 1.28 bits per heavy atom. The summed E-state index contributed by atoms with van der Waals surface area (Å²) in [6, 6.07) is 10.2. The maximum absolute atomic E-state index is 6.06. The van der Waals surface area contributed by atoms with Gasteiger partial charge in [0.25, 0.3) is 0 Å². The van der Waals surface area contributed by atoms with Gasteiger partial charge >= 0.3 is 0 Å². The second-order valence-electron chi connectivity index (χ2n) is 4.43. The van der Waals surface area contributed by atoms with Crippen molar-refractivity contribution in [2.45, 2.75) is 26.3 Å². The number of halogens is 1. The molecule has 0 bridgehead atoms. The van der Waals surface area contributed by atoms with Crippen LogP contribution in [0.3, 0.4) is 0 Å². The molecule has 2 rings (SSSR count). The molecule has 1 heterocycles. The van der Waals surface area contributed by atoms with E-state index in [2.05, 4.69) is 24.4 Å². The summed E-state index contributed by atoms with van der Waals surface area (Å²) in [6.07, 6.45) is 2.90. The molecule has 0 aliphatic heterocycles.